The molecule has 9 heteroatoms. The van der Waals surface area contributed by atoms with Gasteiger partial charge in [-0.2, -0.15) is 0 Å². The number of carbonyl (C=O) groups excluding carboxylic acids is 1. The van der Waals surface area contributed by atoms with E-state index in [4.69, 9.17) is 23.2 Å². The Morgan fingerprint density at radius 3 is 2.52 bits per heavy atom. The number of amides is 1. The largest absolute Gasteiger partial charge is 0.329 e. The van der Waals surface area contributed by atoms with Crippen molar-refractivity contribution in [3.8, 4) is 0 Å². The minimum absolute atomic E-state index is 0.243. The molecule has 1 amide bonds. The molecule has 0 atom stereocenters. The Labute approximate surface area is 154 Å². The Morgan fingerprint density at radius 1 is 1.16 bits per heavy atom. The van der Waals surface area contributed by atoms with E-state index in [-0.39, 0.29) is 5.16 Å². The second-order valence-corrected chi connectivity index (χ2v) is 8.31. The lowest BCUT2D eigenvalue weighted by atomic mass is 10.2. The Morgan fingerprint density at radius 2 is 1.84 bits per heavy atom. The van der Waals surface area contributed by atoms with Crippen LogP contribution in [0.2, 0.25) is 10.0 Å². The SMILES string of the molecule is Cc1ccc2nc(S(=O)(=O)CC(=O)Nc3cc(Cl)cc(Cl)c3)[nH]c2c1. The second kappa shape index (κ2) is 6.67. The van der Waals surface area contributed by atoms with Gasteiger partial charge in [0, 0.05) is 15.7 Å². The molecule has 2 N–H and O–H groups in total. The van der Waals surface area contributed by atoms with Gasteiger partial charge in [0.1, 0.15) is 5.75 Å². The van der Waals surface area contributed by atoms with E-state index in [0.29, 0.717) is 26.8 Å². The van der Waals surface area contributed by atoms with Crippen molar-refractivity contribution < 1.29 is 13.2 Å². The van der Waals surface area contributed by atoms with Crippen molar-refractivity contribution in [2.45, 2.75) is 12.1 Å². The third-order valence-corrected chi connectivity index (χ3v) is 5.24. The molecule has 0 aliphatic heterocycles. The molecule has 0 aliphatic rings. The molecule has 0 saturated heterocycles. The third kappa shape index (κ3) is 4.12. The van der Waals surface area contributed by atoms with Gasteiger partial charge in [-0.3, -0.25) is 4.79 Å². The quantitative estimate of drug-likeness (QED) is 0.703. The van der Waals surface area contributed by atoms with Crippen molar-refractivity contribution in [1.82, 2.24) is 9.97 Å². The van der Waals surface area contributed by atoms with E-state index in [2.05, 4.69) is 15.3 Å². The Kier molecular flexibility index (Phi) is 4.73. The molecule has 1 aromatic heterocycles. The first kappa shape index (κ1) is 17.7. The van der Waals surface area contributed by atoms with Crippen LogP contribution in [0.3, 0.4) is 0 Å². The average molecular weight is 398 g/mol. The van der Waals surface area contributed by atoms with Crippen LogP contribution in [0.1, 0.15) is 5.56 Å². The number of H-pyrrole nitrogens is 1. The summed E-state index contributed by atoms with van der Waals surface area (Å²) in [6.45, 7) is 1.89. The molecule has 3 rings (SSSR count). The summed E-state index contributed by atoms with van der Waals surface area (Å²) in [5.74, 6) is -1.47. The van der Waals surface area contributed by atoms with E-state index >= 15 is 0 Å². The van der Waals surface area contributed by atoms with Crippen LogP contribution < -0.4 is 5.32 Å². The highest BCUT2D eigenvalue weighted by Crippen LogP contribution is 2.23. The van der Waals surface area contributed by atoms with Crippen molar-refractivity contribution in [2.24, 2.45) is 0 Å². The molecule has 0 radical (unpaired) electrons. The first-order valence-electron chi connectivity index (χ1n) is 7.18. The number of imidazole rings is 1. The molecule has 0 unspecified atom stereocenters. The van der Waals surface area contributed by atoms with E-state index in [0.717, 1.165) is 5.56 Å². The second-order valence-electron chi connectivity index (χ2n) is 5.53. The van der Waals surface area contributed by atoms with Gasteiger partial charge in [-0.15, -0.1) is 0 Å². The number of rotatable bonds is 4. The molecule has 0 aliphatic carbocycles. The number of hydrogen-bond donors (Lipinski definition) is 2. The number of nitrogens with zero attached hydrogens (tertiary/aromatic N) is 1. The molecular weight excluding hydrogens is 385 g/mol. The number of anilines is 1. The first-order valence-corrected chi connectivity index (χ1v) is 9.59. The number of fused-ring (bicyclic) bond motifs is 1. The highest BCUT2D eigenvalue weighted by atomic mass is 35.5. The van der Waals surface area contributed by atoms with Crippen LogP contribution in [0.15, 0.2) is 41.6 Å². The summed E-state index contributed by atoms with van der Waals surface area (Å²) >= 11 is 11.7. The van der Waals surface area contributed by atoms with Gasteiger partial charge in [0.25, 0.3) is 0 Å². The standard InChI is InChI=1S/C16H13Cl2N3O3S/c1-9-2-3-13-14(4-9)21-16(20-13)25(23,24)8-15(22)19-12-6-10(17)5-11(18)7-12/h2-7H,8H2,1H3,(H,19,22)(H,20,21). The van der Waals surface area contributed by atoms with Crippen LogP contribution in [0, 0.1) is 6.92 Å². The van der Waals surface area contributed by atoms with Gasteiger partial charge in [-0.25, -0.2) is 13.4 Å². The number of hydrogen-bond acceptors (Lipinski definition) is 4. The maximum Gasteiger partial charge on any atom is 0.240 e. The highest BCUT2D eigenvalue weighted by Gasteiger charge is 2.23. The summed E-state index contributed by atoms with van der Waals surface area (Å²) in [7, 11) is -3.92. The number of aromatic amines is 1. The number of aromatic nitrogens is 2. The zero-order valence-corrected chi connectivity index (χ0v) is 15.3. The summed E-state index contributed by atoms with van der Waals surface area (Å²) in [5, 5.41) is 2.88. The monoisotopic (exact) mass is 397 g/mol. The zero-order chi connectivity index (χ0) is 18.2. The zero-order valence-electron chi connectivity index (χ0n) is 13.0. The molecule has 0 fully saturated rings. The molecule has 3 aromatic rings. The molecule has 0 spiro atoms. The molecule has 6 nitrogen and oxygen atoms in total. The number of halogens is 2. The molecule has 130 valence electrons. The summed E-state index contributed by atoms with van der Waals surface area (Å²) in [5.41, 5.74) is 2.40. The van der Waals surface area contributed by atoms with Gasteiger partial charge in [0.2, 0.25) is 20.9 Å². The fourth-order valence-electron chi connectivity index (χ4n) is 2.31. The predicted molar refractivity (Wildman–Crippen MR) is 98.0 cm³/mol. The Bertz CT molecular complexity index is 1060. The molecule has 1 heterocycles. The lowest BCUT2D eigenvalue weighted by Gasteiger charge is -2.06. The van der Waals surface area contributed by atoms with Crippen LogP contribution >= 0.6 is 23.2 Å². The van der Waals surface area contributed by atoms with E-state index in [9.17, 15) is 13.2 Å². The molecule has 2 aromatic carbocycles. The predicted octanol–water partition coefficient (Wildman–Crippen LogP) is 3.59. The smallest absolute Gasteiger partial charge is 0.240 e. The van der Waals surface area contributed by atoms with Crippen molar-refractivity contribution in [1.29, 1.82) is 0 Å². The van der Waals surface area contributed by atoms with E-state index in [1.54, 1.807) is 12.1 Å². The van der Waals surface area contributed by atoms with Crippen molar-refractivity contribution in [2.75, 3.05) is 11.1 Å². The van der Waals surface area contributed by atoms with Gasteiger partial charge in [0.05, 0.1) is 11.0 Å². The van der Waals surface area contributed by atoms with Gasteiger partial charge in [0.15, 0.2) is 0 Å². The molecule has 25 heavy (non-hydrogen) atoms. The minimum atomic E-state index is -3.92. The van der Waals surface area contributed by atoms with Gasteiger partial charge in [-0.05, 0) is 42.8 Å². The maximum atomic E-state index is 12.4. The molecule has 0 saturated carbocycles. The number of benzene rings is 2. The number of nitrogens with one attached hydrogen (secondary N) is 2. The average Bonchev–Trinajstić information content (AvgIpc) is 2.89. The van der Waals surface area contributed by atoms with Crippen LogP contribution in [0.5, 0.6) is 0 Å². The fraction of sp³-hybridized carbons (Fsp3) is 0.125. The van der Waals surface area contributed by atoms with Crippen LogP contribution in [0.25, 0.3) is 11.0 Å². The lowest BCUT2D eigenvalue weighted by Crippen LogP contribution is -2.23. The van der Waals surface area contributed by atoms with E-state index in [1.165, 1.54) is 18.2 Å². The summed E-state index contributed by atoms with van der Waals surface area (Å²) in [6.07, 6.45) is 0. The number of carbonyl (C=O) groups is 1. The maximum absolute atomic E-state index is 12.4. The topological polar surface area (TPSA) is 91.9 Å². The fourth-order valence-corrected chi connectivity index (χ4v) is 3.89. The van der Waals surface area contributed by atoms with Gasteiger partial charge in [-0.1, -0.05) is 29.3 Å². The van der Waals surface area contributed by atoms with Crippen molar-refractivity contribution in [3.05, 3.63) is 52.0 Å². The van der Waals surface area contributed by atoms with Gasteiger partial charge < -0.3 is 10.3 Å². The van der Waals surface area contributed by atoms with Crippen LogP contribution in [-0.4, -0.2) is 30.0 Å². The summed E-state index contributed by atoms with van der Waals surface area (Å²) in [4.78, 5) is 18.9. The number of sulfone groups is 1. The lowest BCUT2D eigenvalue weighted by molar-refractivity contribution is -0.113. The van der Waals surface area contributed by atoms with Crippen molar-refractivity contribution >= 4 is 55.7 Å². The molecular formula is C16H13Cl2N3O3S. The van der Waals surface area contributed by atoms with Crippen LogP contribution in [0.4, 0.5) is 5.69 Å². The highest BCUT2D eigenvalue weighted by molar-refractivity contribution is 7.92. The van der Waals surface area contributed by atoms with Crippen LogP contribution in [-0.2, 0) is 14.6 Å². The van der Waals surface area contributed by atoms with E-state index < -0.39 is 21.5 Å². The number of aryl methyl sites for hydroxylation is 1. The third-order valence-electron chi connectivity index (χ3n) is 3.38. The Balaban J connectivity index is 1.80. The minimum Gasteiger partial charge on any atom is -0.329 e. The summed E-state index contributed by atoms with van der Waals surface area (Å²) < 4.78 is 24.8. The summed E-state index contributed by atoms with van der Waals surface area (Å²) in [6, 6.07) is 9.79. The van der Waals surface area contributed by atoms with E-state index in [1.807, 2.05) is 13.0 Å². The van der Waals surface area contributed by atoms with Gasteiger partial charge >= 0.3 is 0 Å². The van der Waals surface area contributed by atoms with Crippen molar-refractivity contribution in [3.63, 3.8) is 0 Å². The molecule has 0 bridgehead atoms. The first-order chi connectivity index (χ1) is 11.7. The Hall–Kier alpha value is -2.09. The normalized spacial score (nSPS) is 11.6.